The molecule has 0 radical (unpaired) electrons. The van der Waals surface area contributed by atoms with Crippen LogP contribution in [-0.4, -0.2) is 29.6 Å². The second-order valence-corrected chi connectivity index (χ2v) is 3.62. The summed E-state index contributed by atoms with van der Waals surface area (Å²) < 4.78 is 10.2. The van der Waals surface area contributed by atoms with Crippen molar-refractivity contribution >= 4 is 7.60 Å². The molecule has 0 aromatic carbocycles. The summed E-state index contributed by atoms with van der Waals surface area (Å²) in [5.74, 6) is 0. The minimum absolute atomic E-state index is 0.0939. The van der Waals surface area contributed by atoms with Gasteiger partial charge in [-0.1, -0.05) is 0 Å². The van der Waals surface area contributed by atoms with Gasteiger partial charge in [-0.15, -0.1) is 0 Å². The standard InChI is InChI=1S/C4H12NO4P/c1-9-5-3-2-4-10(6,7)8/h5H,2-4H2,1H3,(H2,6,7,8). The topological polar surface area (TPSA) is 78.8 Å². The Morgan fingerprint density at radius 2 is 2.20 bits per heavy atom. The van der Waals surface area contributed by atoms with E-state index in [-0.39, 0.29) is 6.16 Å². The molecule has 0 amide bonds. The largest absolute Gasteiger partial charge is 0.325 e. The van der Waals surface area contributed by atoms with Crippen molar-refractivity contribution in [2.24, 2.45) is 0 Å². The number of hydrogen-bond donors (Lipinski definition) is 3. The highest BCUT2D eigenvalue weighted by Crippen LogP contribution is 2.34. The lowest BCUT2D eigenvalue weighted by molar-refractivity contribution is 0.0919. The SMILES string of the molecule is CONCCCP(=O)(O)O. The first-order valence-corrected chi connectivity index (χ1v) is 4.66. The highest BCUT2D eigenvalue weighted by atomic mass is 31.2. The molecule has 10 heavy (non-hydrogen) atoms. The summed E-state index contributed by atoms with van der Waals surface area (Å²) >= 11 is 0. The monoisotopic (exact) mass is 169 g/mol. The van der Waals surface area contributed by atoms with Crippen molar-refractivity contribution in [2.75, 3.05) is 19.8 Å². The molecule has 0 bridgehead atoms. The first kappa shape index (κ1) is 10.1. The summed E-state index contributed by atoms with van der Waals surface area (Å²) in [6, 6.07) is 0. The molecular formula is C4H12NO4P. The minimum Gasteiger partial charge on any atom is -0.324 e. The Kier molecular flexibility index (Phi) is 4.85. The Balaban J connectivity index is 3.13. The van der Waals surface area contributed by atoms with Crippen LogP contribution in [0, 0.1) is 0 Å². The average Bonchev–Trinajstić information content (AvgIpc) is 1.78. The predicted molar refractivity (Wildman–Crippen MR) is 36.5 cm³/mol. The molecule has 0 aromatic rings. The maximum Gasteiger partial charge on any atom is 0.325 e. The molecule has 6 heteroatoms. The number of rotatable bonds is 5. The van der Waals surface area contributed by atoms with E-state index in [9.17, 15) is 4.57 Å². The van der Waals surface area contributed by atoms with E-state index in [1.807, 2.05) is 0 Å². The molecule has 0 spiro atoms. The van der Waals surface area contributed by atoms with Crippen LogP contribution in [0.3, 0.4) is 0 Å². The maximum absolute atomic E-state index is 10.2. The van der Waals surface area contributed by atoms with Gasteiger partial charge in [-0.3, -0.25) is 4.57 Å². The Morgan fingerprint density at radius 1 is 1.60 bits per heavy atom. The predicted octanol–water partition coefficient (Wildman–Crippen LogP) is -0.295. The Labute approximate surface area is 59.5 Å². The molecule has 62 valence electrons. The molecule has 0 aliphatic carbocycles. The molecule has 3 N–H and O–H groups in total. The van der Waals surface area contributed by atoms with Crippen molar-refractivity contribution in [3.05, 3.63) is 0 Å². The summed E-state index contributed by atoms with van der Waals surface area (Å²) in [7, 11) is -2.35. The van der Waals surface area contributed by atoms with E-state index in [4.69, 9.17) is 9.79 Å². The molecular weight excluding hydrogens is 157 g/mol. The van der Waals surface area contributed by atoms with Crippen LogP contribution < -0.4 is 5.48 Å². The second kappa shape index (κ2) is 4.82. The smallest absolute Gasteiger partial charge is 0.324 e. The van der Waals surface area contributed by atoms with Gasteiger partial charge in [0.25, 0.3) is 0 Å². The molecule has 0 saturated heterocycles. The average molecular weight is 169 g/mol. The van der Waals surface area contributed by atoms with Gasteiger partial charge in [-0.2, -0.15) is 0 Å². The van der Waals surface area contributed by atoms with Crippen molar-refractivity contribution in [3.63, 3.8) is 0 Å². The molecule has 0 unspecified atom stereocenters. The molecule has 0 rings (SSSR count). The van der Waals surface area contributed by atoms with Crippen molar-refractivity contribution < 1.29 is 19.2 Å². The van der Waals surface area contributed by atoms with Crippen molar-refractivity contribution in [3.8, 4) is 0 Å². The molecule has 0 aromatic heterocycles. The number of hydrogen-bond acceptors (Lipinski definition) is 3. The lowest BCUT2D eigenvalue weighted by atomic mass is 10.5. The van der Waals surface area contributed by atoms with Crippen LogP contribution in [-0.2, 0) is 9.40 Å². The summed E-state index contributed by atoms with van der Waals surface area (Å²) in [6.45, 7) is 0.460. The van der Waals surface area contributed by atoms with Gasteiger partial charge in [-0.25, -0.2) is 5.48 Å². The number of hydroxylamine groups is 1. The summed E-state index contributed by atoms with van der Waals surface area (Å²) in [5, 5.41) is 0. The fraction of sp³-hybridized carbons (Fsp3) is 1.00. The highest BCUT2D eigenvalue weighted by molar-refractivity contribution is 7.51. The maximum atomic E-state index is 10.2. The van der Waals surface area contributed by atoms with Crippen molar-refractivity contribution in [1.82, 2.24) is 5.48 Å². The highest BCUT2D eigenvalue weighted by Gasteiger charge is 2.10. The summed E-state index contributed by atoms with van der Waals surface area (Å²) in [4.78, 5) is 21.2. The fourth-order valence-electron chi connectivity index (χ4n) is 0.459. The minimum atomic E-state index is -3.80. The van der Waals surface area contributed by atoms with Crippen LogP contribution in [0.1, 0.15) is 6.42 Å². The van der Waals surface area contributed by atoms with Crippen LogP contribution in [0.15, 0.2) is 0 Å². The zero-order valence-corrected chi connectivity index (χ0v) is 6.67. The van der Waals surface area contributed by atoms with E-state index in [0.717, 1.165) is 0 Å². The van der Waals surface area contributed by atoms with Crippen LogP contribution in [0.5, 0.6) is 0 Å². The van der Waals surface area contributed by atoms with Crippen LogP contribution in [0.2, 0.25) is 0 Å². The Bertz CT molecular complexity index is 122. The number of nitrogens with one attached hydrogen (secondary N) is 1. The molecule has 0 aliphatic rings. The van der Waals surface area contributed by atoms with Gasteiger partial charge in [0, 0.05) is 6.54 Å². The van der Waals surface area contributed by atoms with Gasteiger partial charge < -0.3 is 14.6 Å². The summed E-state index contributed by atoms with van der Waals surface area (Å²) in [6.07, 6.45) is 0.321. The van der Waals surface area contributed by atoms with Gasteiger partial charge >= 0.3 is 7.60 Å². The van der Waals surface area contributed by atoms with E-state index in [2.05, 4.69) is 10.3 Å². The third-order valence-electron chi connectivity index (χ3n) is 0.873. The molecule has 0 heterocycles. The Morgan fingerprint density at radius 3 is 2.60 bits per heavy atom. The zero-order valence-electron chi connectivity index (χ0n) is 5.78. The second-order valence-electron chi connectivity index (χ2n) is 1.84. The van der Waals surface area contributed by atoms with E-state index in [1.54, 1.807) is 0 Å². The third-order valence-corrected chi connectivity index (χ3v) is 1.77. The first-order chi connectivity index (χ1) is 4.56. The zero-order chi connectivity index (χ0) is 8.04. The van der Waals surface area contributed by atoms with E-state index >= 15 is 0 Å². The quantitative estimate of drug-likeness (QED) is 0.299. The lowest BCUT2D eigenvalue weighted by Gasteiger charge is -2.02. The van der Waals surface area contributed by atoms with Gasteiger partial charge in [0.05, 0.1) is 13.3 Å². The molecule has 5 nitrogen and oxygen atoms in total. The molecule has 0 aliphatic heterocycles. The molecule has 0 atom stereocenters. The fourth-order valence-corrected chi connectivity index (χ4v) is 1.03. The van der Waals surface area contributed by atoms with Crippen LogP contribution >= 0.6 is 7.60 Å². The summed E-state index contributed by atoms with van der Waals surface area (Å²) in [5.41, 5.74) is 2.48. The third kappa shape index (κ3) is 8.07. The molecule has 0 fully saturated rings. The van der Waals surface area contributed by atoms with Gasteiger partial charge in [0.15, 0.2) is 0 Å². The van der Waals surface area contributed by atoms with Gasteiger partial charge in [-0.05, 0) is 6.42 Å². The van der Waals surface area contributed by atoms with Gasteiger partial charge in [0.1, 0.15) is 0 Å². The van der Waals surface area contributed by atoms with Crippen LogP contribution in [0.4, 0.5) is 0 Å². The lowest BCUT2D eigenvalue weighted by Crippen LogP contribution is -2.14. The van der Waals surface area contributed by atoms with E-state index in [0.29, 0.717) is 13.0 Å². The van der Waals surface area contributed by atoms with Crippen molar-refractivity contribution in [1.29, 1.82) is 0 Å². The van der Waals surface area contributed by atoms with E-state index < -0.39 is 7.60 Å². The first-order valence-electron chi connectivity index (χ1n) is 2.86. The van der Waals surface area contributed by atoms with Crippen LogP contribution in [0.25, 0.3) is 0 Å². The normalized spacial score (nSPS) is 11.9. The van der Waals surface area contributed by atoms with Gasteiger partial charge in [0.2, 0.25) is 0 Å². The Hall–Kier alpha value is 0.0700. The van der Waals surface area contributed by atoms with Crippen molar-refractivity contribution in [2.45, 2.75) is 6.42 Å². The van der Waals surface area contributed by atoms with E-state index in [1.165, 1.54) is 7.11 Å². The molecule has 0 saturated carbocycles.